The van der Waals surface area contributed by atoms with E-state index in [2.05, 4.69) is 0 Å². The lowest BCUT2D eigenvalue weighted by Gasteiger charge is -2.10. The molecule has 0 saturated carbocycles. The summed E-state index contributed by atoms with van der Waals surface area (Å²) < 4.78 is 10.9. The van der Waals surface area contributed by atoms with Crippen LogP contribution in [-0.2, 0) is 4.74 Å². The minimum Gasteiger partial charge on any atom is -0.490 e. The second kappa shape index (κ2) is 5.24. The number of hydrogen-bond acceptors (Lipinski definition) is 3. The Morgan fingerprint density at radius 2 is 1.89 bits per heavy atom. The molecule has 1 atom stereocenters. The molecule has 0 aromatic heterocycles. The molecule has 3 heteroatoms. The maximum Gasteiger partial charge on any atom is 0.150 e. The van der Waals surface area contributed by atoms with Crippen molar-refractivity contribution in [2.24, 2.45) is 0 Å². The molecule has 1 fully saturated rings. The Bertz CT molecular complexity index is 571. The molecule has 0 bridgehead atoms. The van der Waals surface area contributed by atoms with Gasteiger partial charge in [-0.2, -0.15) is 0 Å². The predicted octanol–water partition coefficient (Wildman–Crippen LogP) is 2.94. The normalized spacial score (nSPS) is 16.9. The summed E-state index contributed by atoms with van der Waals surface area (Å²) in [6, 6.07) is 15.4. The molecular weight excluding hydrogens is 240 g/mol. The molecule has 3 rings (SSSR count). The fraction of sp³-hybridized carbons (Fsp3) is 0.188. The minimum absolute atomic E-state index is 0.241. The van der Waals surface area contributed by atoms with Crippen LogP contribution in [0.4, 0.5) is 0 Å². The van der Waals surface area contributed by atoms with Gasteiger partial charge in [-0.1, -0.05) is 42.5 Å². The summed E-state index contributed by atoms with van der Waals surface area (Å²) in [5.74, 6) is 0.844. The molecule has 0 aliphatic carbocycles. The zero-order chi connectivity index (χ0) is 13.1. The minimum atomic E-state index is 0.241. The standard InChI is InChI=1S/C16H14O3/c17-9-12-5-7-13(8-6-12)15-3-1-2-4-16(15)19-11-14-10-18-14/h1-9,14H,10-11H2. The lowest BCUT2D eigenvalue weighted by molar-refractivity contribution is 0.112. The van der Waals surface area contributed by atoms with Crippen molar-refractivity contribution < 1.29 is 14.3 Å². The number of ether oxygens (including phenoxy) is 2. The van der Waals surface area contributed by atoms with Gasteiger partial charge in [0.2, 0.25) is 0 Å². The van der Waals surface area contributed by atoms with Gasteiger partial charge in [0, 0.05) is 11.1 Å². The summed E-state index contributed by atoms with van der Waals surface area (Å²) in [4.78, 5) is 10.7. The largest absolute Gasteiger partial charge is 0.490 e. The highest BCUT2D eigenvalue weighted by Gasteiger charge is 2.23. The quantitative estimate of drug-likeness (QED) is 0.608. The van der Waals surface area contributed by atoms with Crippen molar-refractivity contribution in [1.29, 1.82) is 0 Å². The summed E-state index contributed by atoms with van der Waals surface area (Å²) in [6.07, 6.45) is 1.09. The van der Waals surface area contributed by atoms with Crippen LogP contribution in [0.1, 0.15) is 10.4 Å². The average molecular weight is 254 g/mol. The second-order valence-corrected chi connectivity index (χ2v) is 4.50. The molecule has 96 valence electrons. The highest BCUT2D eigenvalue weighted by Crippen LogP contribution is 2.30. The van der Waals surface area contributed by atoms with E-state index in [9.17, 15) is 4.79 Å². The van der Waals surface area contributed by atoms with Crippen LogP contribution in [0.15, 0.2) is 48.5 Å². The number of para-hydroxylation sites is 1. The number of carbonyl (C=O) groups is 1. The average Bonchev–Trinajstić information content (AvgIpc) is 3.30. The van der Waals surface area contributed by atoms with E-state index in [0.29, 0.717) is 12.2 Å². The summed E-state index contributed by atoms with van der Waals surface area (Å²) in [5, 5.41) is 0. The van der Waals surface area contributed by atoms with Crippen LogP contribution in [0.5, 0.6) is 5.75 Å². The monoisotopic (exact) mass is 254 g/mol. The number of rotatable bonds is 5. The van der Waals surface area contributed by atoms with Gasteiger partial charge in [-0.15, -0.1) is 0 Å². The Hall–Kier alpha value is -2.13. The van der Waals surface area contributed by atoms with Crippen molar-refractivity contribution in [2.45, 2.75) is 6.10 Å². The predicted molar refractivity (Wildman–Crippen MR) is 72.5 cm³/mol. The Balaban J connectivity index is 1.86. The van der Waals surface area contributed by atoms with E-state index in [4.69, 9.17) is 9.47 Å². The lowest BCUT2D eigenvalue weighted by Crippen LogP contribution is -2.04. The molecule has 1 unspecified atom stereocenters. The van der Waals surface area contributed by atoms with Crippen LogP contribution in [0.2, 0.25) is 0 Å². The molecule has 0 spiro atoms. The molecule has 19 heavy (non-hydrogen) atoms. The Kier molecular flexibility index (Phi) is 3.29. The summed E-state index contributed by atoms with van der Waals surface area (Å²) in [5.41, 5.74) is 2.74. The van der Waals surface area contributed by atoms with Crippen molar-refractivity contribution >= 4 is 6.29 Å². The third kappa shape index (κ3) is 2.83. The number of carbonyl (C=O) groups excluding carboxylic acids is 1. The van der Waals surface area contributed by atoms with Crippen molar-refractivity contribution in [3.63, 3.8) is 0 Å². The maximum atomic E-state index is 10.7. The molecule has 0 radical (unpaired) electrons. The van der Waals surface area contributed by atoms with E-state index in [0.717, 1.165) is 29.8 Å². The van der Waals surface area contributed by atoms with E-state index in [1.54, 1.807) is 0 Å². The van der Waals surface area contributed by atoms with Gasteiger partial charge < -0.3 is 9.47 Å². The topological polar surface area (TPSA) is 38.8 Å². The number of benzene rings is 2. The van der Waals surface area contributed by atoms with E-state index >= 15 is 0 Å². The third-order valence-electron chi connectivity index (χ3n) is 3.07. The van der Waals surface area contributed by atoms with Crippen molar-refractivity contribution in [1.82, 2.24) is 0 Å². The highest BCUT2D eigenvalue weighted by atomic mass is 16.6. The van der Waals surface area contributed by atoms with Crippen LogP contribution >= 0.6 is 0 Å². The van der Waals surface area contributed by atoms with Crippen LogP contribution in [0.25, 0.3) is 11.1 Å². The molecule has 1 saturated heterocycles. The lowest BCUT2D eigenvalue weighted by atomic mass is 10.0. The maximum absolute atomic E-state index is 10.7. The Labute approximate surface area is 111 Å². The van der Waals surface area contributed by atoms with Crippen LogP contribution in [0, 0.1) is 0 Å². The number of epoxide rings is 1. The molecule has 1 heterocycles. The summed E-state index contributed by atoms with van der Waals surface area (Å²) >= 11 is 0. The molecule has 2 aromatic carbocycles. The summed E-state index contributed by atoms with van der Waals surface area (Å²) in [7, 11) is 0. The third-order valence-corrected chi connectivity index (χ3v) is 3.07. The van der Waals surface area contributed by atoms with Crippen LogP contribution in [-0.4, -0.2) is 25.6 Å². The zero-order valence-corrected chi connectivity index (χ0v) is 10.4. The SMILES string of the molecule is O=Cc1ccc(-c2ccccc2OCC2CO2)cc1. The second-order valence-electron chi connectivity index (χ2n) is 4.50. The van der Waals surface area contributed by atoms with Crippen molar-refractivity contribution in [3.05, 3.63) is 54.1 Å². The number of aldehydes is 1. The van der Waals surface area contributed by atoms with Crippen LogP contribution in [0.3, 0.4) is 0 Å². The van der Waals surface area contributed by atoms with E-state index in [1.807, 2.05) is 48.5 Å². The molecule has 1 aliphatic heterocycles. The van der Waals surface area contributed by atoms with Crippen molar-refractivity contribution in [2.75, 3.05) is 13.2 Å². The molecular formula is C16H14O3. The van der Waals surface area contributed by atoms with Gasteiger partial charge in [-0.25, -0.2) is 0 Å². The van der Waals surface area contributed by atoms with E-state index in [-0.39, 0.29) is 6.10 Å². The first kappa shape index (κ1) is 11.9. The smallest absolute Gasteiger partial charge is 0.150 e. The zero-order valence-electron chi connectivity index (χ0n) is 10.4. The van der Waals surface area contributed by atoms with Gasteiger partial charge in [0.15, 0.2) is 0 Å². The van der Waals surface area contributed by atoms with Gasteiger partial charge >= 0.3 is 0 Å². The summed E-state index contributed by atoms with van der Waals surface area (Å²) in [6.45, 7) is 1.37. The van der Waals surface area contributed by atoms with Gasteiger partial charge in [0.1, 0.15) is 24.7 Å². The van der Waals surface area contributed by atoms with E-state index < -0.39 is 0 Å². The molecule has 2 aromatic rings. The van der Waals surface area contributed by atoms with Gasteiger partial charge in [-0.05, 0) is 11.6 Å². The van der Waals surface area contributed by atoms with Gasteiger partial charge in [-0.3, -0.25) is 4.79 Å². The molecule has 0 N–H and O–H groups in total. The number of hydrogen-bond donors (Lipinski definition) is 0. The fourth-order valence-electron chi connectivity index (χ4n) is 1.92. The fourth-order valence-corrected chi connectivity index (χ4v) is 1.92. The van der Waals surface area contributed by atoms with Crippen LogP contribution < -0.4 is 4.74 Å². The first-order chi connectivity index (χ1) is 9.36. The van der Waals surface area contributed by atoms with Crippen molar-refractivity contribution in [3.8, 4) is 16.9 Å². The Morgan fingerprint density at radius 3 is 2.58 bits per heavy atom. The first-order valence-electron chi connectivity index (χ1n) is 6.26. The highest BCUT2D eigenvalue weighted by molar-refractivity contribution is 5.78. The van der Waals surface area contributed by atoms with E-state index in [1.165, 1.54) is 0 Å². The molecule has 0 amide bonds. The first-order valence-corrected chi connectivity index (χ1v) is 6.26. The van der Waals surface area contributed by atoms with Gasteiger partial charge in [0.25, 0.3) is 0 Å². The van der Waals surface area contributed by atoms with Gasteiger partial charge in [0.05, 0.1) is 6.61 Å². The molecule has 1 aliphatic rings. The molecule has 3 nitrogen and oxygen atoms in total. The Morgan fingerprint density at radius 1 is 1.16 bits per heavy atom.